The summed E-state index contributed by atoms with van der Waals surface area (Å²) in [7, 11) is 4.48. The summed E-state index contributed by atoms with van der Waals surface area (Å²) in [4.78, 5) is 16.2. The van der Waals surface area contributed by atoms with Gasteiger partial charge in [0.2, 0.25) is 0 Å². The van der Waals surface area contributed by atoms with Gasteiger partial charge >= 0.3 is 0 Å². The highest BCUT2D eigenvalue weighted by molar-refractivity contribution is 5.79. The van der Waals surface area contributed by atoms with Gasteiger partial charge in [-0.05, 0) is 77.7 Å². The van der Waals surface area contributed by atoms with E-state index in [4.69, 9.17) is 0 Å². The molecular formula is C16H30N2O. The molecule has 0 aromatic heterocycles. The summed E-state index contributed by atoms with van der Waals surface area (Å²) in [5.74, 6) is 2.18. The second-order valence-electron chi connectivity index (χ2n) is 6.78. The van der Waals surface area contributed by atoms with E-state index in [-0.39, 0.29) is 0 Å². The molecule has 2 aliphatic rings. The number of carbonyl (C=O) groups is 1. The molecular weight excluding hydrogens is 236 g/mol. The predicted molar refractivity (Wildman–Crippen MR) is 79.3 cm³/mol. The van der Waals surface area contributed by atoms with Crippen molar-refractivity contribution in [2.24, 2.45) is 11.8 Å². The molecule has 0 N–H and O–H groups in total. The topological polar surface area (TPSA) is 23.6 Å². The molecule has 1 aliphatic heterocycles. The van der Waals surface area contributed by atoms with Crippen LogP contribution in [0.5, 0.6) is 0 Å². The van der Waals surface area contributed by atoms with E-state index >= 15 is 0 Å². The number of likely N-dealkylation sites (tertiary alicyclic amines) is 1. The number of hydrogen-bond acceptors (Lipinski definition) is 3. The fourth-order valence-corrected chi connectivity index (χ4v) is 3.47. The Morgan fingerprint density at radius 1 is 1.11 bits per heavy atom. The Kier molecular flexibility index (Phi) is 5.83. The monoisotopic (exact) mass is 266 g/mol. The Morgan fingerprint density at radius 3 is 2.37 bits per heavy atom. The summed E-state index contributed by atoms with van der Waals surface area (Å²) < 4.78 is 0. The van der Waals surface area contributed by atoms with Crippen molar-refractivity contribution in [2.75, 3.05) is 40.3 Å². The zero-order valence-corrected chi connectivity index (χ0v) is 12.7. The molecule has 0 amide bonds. The maximum absolute atomic E-state index is 11.2. The van der Waals surface area contributed by atoms with Gasteiger partial charge in [-0.1, -0.05) is 0 Å². The molecule has 3 nitrogen and oxygen atoms in total. The summed E-state index contributed by atoms with van der Waals surface area (Å²) in [6.07, 6.45) is 8.01. The molecule has 0 radical (unpaired) electrons. The van der Waals surface area contributed by atoms with Crippen LogP contribution >= 0.6 is 0 Å². The molecule has 1 aliphatic carbocycles. The van der Waals surface area contributed by atoms with E-state index in [0.29, 0.717) is 5.78 Å². The lowest BCUT2D eigenvalue weighted by Gasteiger charge is -2.31. The summed E-state index contributed by atoms with van der Waals surface area (Å²) in [5.41, 5.74) is 0. The average molecular weight is 266 g/mol. The average Bonchev–Trinajstić information content (AvgIpc) is 2.41. The molecule has 0 aromatic rings. The lowest BCUT2D eigenvalue weighted by Crippen LogP contribution is -2.33. The van der Waals surface area contributed by atoms with Gasteiger partial charge in [-0.2, -0.15) is 0 Å². The summed E-state index contributed by atoms with van der Waals surface area (Å²) in [5, 5.41) is 0. The number of nitrogens with zero attached hydrogens (tertiary/aromatic N) is 2. The summed E-state index contributed by atoms with van der Waals surface area (Å²) in [6, 6.07) is 0. The van der Waals surface area contributed by atoms with Crippen LogP contribution in [-0.4, -0.2) is 55.9 Å². The van der Waals surface area contributed by atoms with E-state index in [1.807, 2.05) is 0 Å². The first-order chi connectivity index (χ1) is 9.13. The van der Waals surface area contributed by atoms with Crippen molar-refractivity contribution < 1.29 is 4.79 Å². The molecule has 19 heavy (non-hydrogen) atoms. The molecule has 3 heteroatoms. The molecule has 0 spiro atoms. The van der Waals surface area contributed by atoms with Crippen LogP contribution in [0.1, 0.15) is 44.9 Å². The van der Waals surface area contributed by atoms with E-state index in [0.717, 1.165) is 37.5 Å². The van der Waals surface area contributed by atoms with Crippen LogP contribution in [0.4, 0.5) is 0 Å². The molecule has 0 aromatic carbocycles. The molecule has 0 bridgehead atoms. The standard InChI is InChI=1S/C16H30N2O/c1-17-10-7-14(8-11-17)9-12-18(2)13-15-3-5-16(19)6-4-15/h14-15H,3-13H2,1-2H3. The number of carbonyl (C=O) groups excluding carboxylic acids is 1. The Hall–Kier alpha value is -0.410. The number of piperidine rings is 1. The van der Waals surface area contributed by atoms with Crippen molar-refractivity contribution in [1.29, 1.82) is 0 Å². The number of Topliss-reactive ketones (excluding diaryl/α,β-unsaturated/α-hetero) is 1. The van der Waals surface area contributed by atoms with Crippen LogP contribution in [0.15, 0.2) is 0 Å². The van der Waals surface area contributed by atoms with Crippen molar-refractivity contribution in [3.8, 4) is 0 Å². The number of hydrogen-bond donors (Lipinski definition) is 0. The molecule has 2 rings (SSSR count). The molecule has 2 fully saturated rings. The van der Waals surface area contributed by atoms with Crippen LogP contribution in [0.25, 0.3) is 0 Å². The zero-order chi connectivity index (χ0) is 13.7. The summed E-state index contributed by atoms with van der Waals surface area (Å²) >= 11 is 0. The first kappa shape index (κ1) is 15.0. The van der Waals surface area contributed by atoms with Gasteiger partial charge in [0.15, 0.2) is 0 Å². The highest BCUT2D eigenvalue weighted by Gasteiger charge is 2.21. The van der Waals surface area contributed by atoms with Gasteiger partial charge in [0.05, 0.1) is 0 Å². The third kappa shape index (κ3) is 5.23. The quantitative estimate of drug-likeness (QED) is 0.763. The Bertz CT molecular complexity index is 274. The Morgan fingerprint density at radius 2 is 1.74 bits per heavy atom. The molecule has 1 saturated heterocycles. The van der Waals surface area contributed by atoms with Gasteiger partial charge < -0.3 is 9.80 Å². The third-order valence-electron chi connectivity index (χ3n) is 4.99. The van der Waals surface area contributed by atoms with E-state index in [1.165, 1.54) is 45.4 Å². The van der Waals surface area contributed by atoms with Crippen LogP contribution in [0.3, 0.4) is 0 Å². The largest absolute Gasteiger partial charge is 0.306 e. The number of ketones is 1. The maximum atomic E-state index is 11.2. The van der Waals surface area contributed by atoms with E-state index in [1.54, 1.807) is 0 Å². The smallest absolute Gasteiger partial charge is 0.132 e. The fraction of sp³-hybridized carbons (Fsp3) is 0.938. The van der Waals surface area contributed by atoms with Gasteiger partial charge in [0.1, 0.15) is 5.78 Å². The van der Waals surface area contributed by atoms with E-state index < -0.39 is 0 Å². The molecule has 0 atom stereocenters. The molecule has 1 heterocycles. The van der Waals surface area contributed by atoms with Gasteiger partial charge in [-0.3, -0.25) is 4.79 Å². The second kappa shape index (κ2) is 7.39. The van der Waals surface area contributed by atoms with Crippen LogP contribution < -0.4 is 0 Å². The summed E-state index contributed by atoms with van der Waals surface area (Å²) in [6.45, 7) is 4.98. The predicted octanol–water partition coefficient (Wildman–Crippen LogP) is 2.41. The normalized spacial score (nSPS) is 24.3. The van der Waals surface area contributed by atoms with Gasteiger partial charge in [-0.25, -0.2) is 0 Å². The first-order valence-electron chi connectivity index (χ1n) is 8.02. The van der Waals surface area contributed by atoms with Gasteiger partial charge in [0, 0.05) is 19.4 Å². The third-order valence-corrected chi connectivity index (χ3v) is 4.99. The molecule has 0 unspecified atom stereocenters. The second-order valence-corrected chi connectivity index (χ2v) is 6.78. The molecule has 110 valence electrons. The van der Waals surface area contributed by atoms with Gasteiger partial charge in [-0.15, -0.1) is 0 Å². The van der Waals surface area contributed by atoms with E-state index in [2.05, 4.69) is 23.9 Å². The van der Waals surface area contributed by atoms with Gasteiger partial charge in [0.25, 0.3) is 0 Å². The number of rotatable bonds is 5. The van der Waals surface area contributed by atoms with E-state index in [9.17, 15) is 4.79 Å². The lowest BCUT2D eigenvalue weighted by molar-refractivity contribution is -0.121. The lowest BCUT2D eigenvalue weighted by atomic mass is 9.88. The SMILES string of the molecule is CN1CCC(CCN(C)CC2CCC(=O)CC2)CC1. The fourth-order valence-electron chi connectivity index (χ4n) is 3.47. The molecule has 1 saturated carbocycles. The highest BCUT2D eigenvalue weighted by atomic mass is 16.1. The maximum Gasteiger partial charge on any atom is 0.132 e. The zero-order valence-electron chi connectivity index (χ0n) is 12.7. The van der Waals surface area contributed by atoms with Crippen molar-refractivity contribution >= 4 is 5.78 Å². The van der Waals surface area contributed by atoms with Crippen LogP contribution in [-0.2, 0) is 4.79 Å². The van der Waals surface area contributed by atoms with Crippen LogP contribution in [0.2, 0.25) is 0 Å². The Labute approximate surface area is 118 Å². The minimum absolute atomic E-state index is 0.477. The van der Waals surface area contributed by atoms with Crippen LogP contribution in [0, 0.1) is 11.8 Å². The van der Waals surface area contributed by atoms with Crippen molar-refractivity contribution in [3.05, 3.63) is 0 Å². The Balaban J connectivity index is 1.59. The van der Waals surface area contributed by atoms with Crippen molar-refractivity contribution in [3.63, 3.8) is 0 Å². The minimum Gasteiger partial charge on any atom is -0.306 e. The van der Waals surface area contributed by atoms with Crippen molar-refractivity contribution in [1.82, 2.24) is 9.80 Å². The highest BCUT2D eigenvalue weighted by Crippen LogP contribution is 2.23. The minimum atomic E-state index is 0.477. The van der Waals surface area contributed by atoms with Crippen molar-refractivity contribution in [2.45, 2.75) is 44.9 Å². The first-order valence-corrected chi connectivity index (χ1v) is 8.02.